The van der Waals surface area contributed by atoms with Gasteiger partial charge in [0.25, 0.3) is 0 Å². The number of amides is 2. The Morgan fingerprint density at radius 3 is 2.35 bits per heavy atom. The number of nitrogens with zero attached hydrogens (tertiary/aromatic N) is 1. The summed E-state index contributed by atoms with van der Waals surface area (Å²) in [7, 11) is 0. The highest BCUT2D eigenvalue weighted by Crippen LogP contribution is 2.35. The van der Waals surface area contributed by atoms with Gasteiger partial charge < -0.3 is 15.3 Å². The number of hydrogen-bond acceptors (Lipinski definition) is 3. The van der Waals surface area contributed by atoms with Gasteiger partial charge in [0.2, 0.25) is 11.8 Å². The summed E-state index contributed by atoms with van der Waals surface area (Å²) in [5.74, 6) is -4.01. The summed E-state index contributed by atoms with van der Waals surface area (Å²) in [6.07, 6.45) is 1.85. The van der Waals surface area contributed by atoms with E-state index in [2.05, 4.69) is 5.32 Å². The van der Waals surface area contributed by atoms with Crippen LogP contribution < -0.4 is 5.32 Å². The van der Waals surface area contributed by atoms with Crippen LogP contribution in [0.25, 0.3) is 5.57 Å². The van der Waals surface area contributed by atoms with Crippen molar-refractivity contribution in [1.29, 1.82) is 0 Å². The third-order valence-corrected chi connectivity index (χ3v) is 7.46. The Balaban J connectivity index is 1.56. The van der Waals surface area contributed by atoms with Crippen LogP contribution in [-0.2, 0) is 16.0 Å². The van der Waals surface area contributed by atoms with Crippen LogP contribution >= 0.6 is 11.6 Å². The Bertz CT molecular complexity index is 1460. The zero-order valence-corrected chi connectivity index (χ0v) is 22.8. The van der Waals surface area contributed by atoms with E-state index in [0.717, 1.165) is 17.7 Å². The first-order chi connectivity index (χ1) is 19.0. The zero-order chi connectivity index (χ0) is 29.0. The molecule has 3 aromatic carbocycles. The molecule has 0 radical (unpaired) electrons. The first kappa shape index (κ1) is 29.0. The van der Waals surface area contributed by atoms with Gasteiger partial charge >= 0.3 is 5.97 Å². The minimum absolute atomic E-state index is 0.104. The lowest BCUT2D eigenvalue weighted by atomic mass is 9.74. The molecule has 1 aliphatic rings. The van der Waals surface area contributed by atoms with Gasteiger partial charge in [-0.2, -0.15) is 0 Å². The van der Waals surface area contributed by atoms with E-state index in [1.54, 1.807) is 4.90 Å². The van der Waals surface area contributed by atoms with Crippen molar-refractivity contribution in [2.45, 2.75) is 26.7 Å². The van der Waals surface area contributed by atoms with Gasteiger partial charge in [-0.1, -0.05) is 55.8 Å². The molecule has 0 saturated carbocycles. The summed E-state index contributed by atoms with van der Waals surface area (Å²) in [5.41, 5.74) is 0.726. The monoisotopic (exact) mass is 566 g/mol. The summed E-state index contributed by atoms with van der Waals surface area (Å²) in [5, 5.41) is 11.8. The Hall–Kier alpha value is -4.04. The van der Waals surface area contributed by atoms with Gasteiger partial charge in [-0.05, 0) is 65.8 Å². The normalized spacial score (nSPS) is 14.5. The number of halogens is 3. The van der Waals surface area contributed by atoms with Crippen LogP contribution in [0.2, 0.25) is 5.02 Å². The molecule has 1 atom stereocenters. The molecule has 4 rings (SSSR count). The molecular formula is C31H29ClF2N2O4. The topological polar surface area (TPSA) is 86.7 Å². The second kappa shape index (κ2) is 12.0. The van der Waals surface area contributed by atoms with E-state index in [4.69, 9.17) is 16.7 Å². The number of hydrogen-bond donors (Lipinski definition) is 2. The predicted octanol–water partition coefficient (Wildman–Crippen LogP) is 6.46. The molecule has 0 aliphatic carbocycles. The van der Waals surface area contributed by atoms with E-state index in [-0.39, 0.29) is 47.1 Å². The molecule has 2 amide bonds. The standard InChI is InChI=1S/C31H29ClF2N2O4/c1-31(2,18-36-15-14-21(17-26(36)37)27-25(33)13-12-24(32)28(27)34)23(16-19-6-4-3-5-7-19)29(38)35-22-10-8-20(9-11-22)30(39)40/h3-13,17,23H,14-16,18H2,1-2H3,(H,35,38)(H,39,40). The Kier molecular flexibility index (Phi) is 8.69. The number of anilines is 1. The fraction of sp³-hybridized carbons (Fsp3) is 0.258. The van der Waals surface area contributed by atoms with Gasteiger partial charge in [0, 0.05) is 30.8 Å². The molecule has 1 unspecified atom stereocenters. The molecule has 40 heavy (non-hydrogen) atoms. The minimum atomic E-state index is -1.06. The predicted molar refractivity (Wildman–Crippen MR) is 150 cm³/mol. The van der Waals surface area contributed by atoms with Gasteiger partial charge in [0.05, 0.1) is 16.1 Å². The number of carboxylic acids is 1. The van der Waals surface area contributed by atoms with Gasteiger partial charge in [-0.3, -0.25) is 9.59 Å². The largest absolute Gasteiger partial charge is 0.478 e. The third kappa shape index (κ3) is 6.57. The SMILES string of the molecule is CC(C)(CN1CCC(c2c(F)ccc(Cl)c2F)=CC1=O)C(Cc1ccccc1)C(=O)Nc1ccc(C(=O)O)cc1. The number of carbonyl (C=O) groups excluding carboxylic acids is 2. The van der Waals surface area contributed by atoms with E-state index >= 15 is 0 Å². The Morgan fingerprint density at radius 1 is 1.05 bits per heavy atom. The first-order valence-corrected chi connectivity index (χ1v) is 13.2. The number of carboxylic acid groups (broad SMARTS) is 1. The van der Waals surface area contributed by atoms with Crippen molar-refractivity contribution >= 4 is 40.6 Å². The lowest BCUT2D eigenvalue weighted by molar-refractivity contribution is -0.131. The molecule has 0 spiro atoms. The maximum absolute atomic E-state index is 14.6. The molecule has 6 nitrogen and oxygen atoms in total. The Labute approximate surface area is 236 Å². The van der Waals surface area contributed by atoms with Crippen LogP contribution in [0.15, 0.2) is 72.8 Å². The van der Waals surface area contributed by atoms with Crippen LogP contribution in [0.3, 0.4) is 0 Å². The highest BCUT2D eigenvalue weighted by atomic mass is 35.5. The molecule has 3 aromatic rings. The maximum Gasteiger partial charge on any atom is 0.335 e. The highest BCUT2D eigenvalue weighted by Gasteiger charge is 2.38. The molecule has 2 N–H and O–H groups in total. The van der Waals surface area contributed by atoms with Gasteiger partial charge in [0.15, 0.2) is 5.82 Å². The average Bonchev–Trinajstić information content (AvgIpc) is 2.92. The number of aromatic carboxylic acids is 1. The van der Waals surface area contributed by atoms with Crippen molar-refractivity contribution in [1.82, 2.24) is 4.90 Å². The van der Waals surface area contributed by atoms with Gasteiger partial charge in [-0.25, -0.2) is 13.6 Å². The molecule has 1 heterocycles. The zero-order valence-electron chi connectivity index (χ0n) is 22.1. The van der Waals surface area contributed by atoms with Crippen molar-refractivity contribution < 1.29 is 28.3 Å². The first-order valence-electron chi connectivity index (χ1n) is 12.8. The van der Waals surface area contributed by atoms with Gasteiger partial charge in [0.1, 0.15) is 5.82 Å². The summed E-state index contributed by atoms with van der Waals surface area (Å²) < 4.78 is 29.0. The summed E-state index contributed by atoms with van der Waals surface area (Å²) >= 11 is 5.84. The molecule has 0 fully saturated rings. The highest BCUT2D eigenvalue weighted by molar-refractivity contribution is 6.31. The molecule has 0 bridgehead atoms. The fourth-order valence-electron chi connectivity index (χ4n) is 4.95. The second-order valence-electron chi connectivity index (χ2n) is 10.5. The summed E-state index contributed by atoms with van der Waals surface area (Å²) in [6, 6.07) is 17.6. The van der Waals surface area contributed by atoms with Crippen LogP contribution in [-0.4, -0.2) is 40.9 Å². The quantitative estimate of drug-likeness (QED) is 0.291. The van der Waals surface area contributed by atoms with E-state index in [1.807, 2.05) is 44.2 Å². The molecule has 0 saturated heterocycles. The van der Waals surface area contributed by atoms with E-state index in [1.165, 1.54) is 30.3 Å². The second-order valence-corrected chi connectivity index (χ2v) is 10.9. The smallest absolute Gasteiger partial charge is 0.335 e. The third-order valence-electron chi connectivity index (χ3n) is 7.17. The number of nitrogens with one attached hydrogen (secondary N) is 1. The summed E-state index contributed by atoms with van der Waals surface area (Å²) in [4.78, 5) is 39.5. The lowest BCUT2D eigenvalue weighted by Crippen LogP contribution is -2.47. The average molecular weight is 567 g/mol. The minimum Gasteiger partial charge on any atom is -0.478 e. The van der Waals surface area contributed by atoms with Crippen LogP contribution in [0.1, 0.15) is 41.8 Å². The fourth-order valence-corrected chi connectivity index (χ4v) is 5.11. The summed E-state index contributed by atoms with van der Waals surface area (Å²) in [6.45, 7) is 4.24. The lowest BCUT2D eigenvalue weighted by Gasteiger charge is -2.39. The van der Waals surface area contributed by atoms with Crippen molar-refractivity contribution in [3.8, 4) is 0 Å². The van der Waals surface area contributed by atoms with Crippen molar-refractivity contribution in [3.05, 3.63) is 106 Å². The molecular weight excluding hydrogens is 538 g/mol. The van der Waals surface area contributed by atoms with Crippen LogP contribution in [0.4, 0.5) is 14.5 Å². The van der Waals surface area contributed by atoms with E-state index in [0.29, 0.717) is 12.1 Å². The molecule has 0 aromatic heterocycles. The van der Waals surface area contributed by atoms with E-state index in [9.17, 15) is 23.2 Å². The number of benzene rings is 3. The van der Waals surface area contributed by atoms with Gasteiger partial charge in [-0.15, -0.1) is 0 Å². The maximum atomic E-state index is 14.6. The van der Waals surface area contributed by atoms with Crippen molar-refractivity contribution in [2.24, 2.45) is 11.3 Å². The van der Waals surface area contributed by atoms with Crippen molar-refractivity contribution in [3.63, 3.8) is 0 Å². The van der Waals surface area contributed by atoms with E-state index < -0.39 is 34.8 Å². The molecule has 208 valence electrons. The molecule has 1 aliphatic heterocycles. The van der Waals surface area contributed by atoms with Crippen molar-refractivity contribution in [2.75, 3.05) is 18.4 Å². The van der Waals surface area contributed by atoms with Crippen LogP contribution in [0.5, 0.6) is 0 Å². The number of carbonyl (C=O) groups is 3. The molecule has 9 heteroatoms. The number of rotatable bonds is 9. The van der Waals surface area contributed by atoms with Crippen LogP contribution in [0, 0.1) is 23.0 Å². The Morgan fingerprint density at radius 2 is 1.73 bits per heavy atom.